The van der Waals surface area contributed by atoms with Crippen molar-refractivity contribution >= 4 is 62.5 Å². The Hall–Kier alpha value is -3.06. The third-order valence-electron chi connectivity index (χ3n) is 5.95. The van der Waals surface area contributed by atoms with Gasteiger partial charge < -0.3 is 19.3 Å². The second-order valence-electron chi connectivity index (χ2n) is 8.28. The first-order valence-electron chi connectivity index (χ1n) is 11.6. The van der Waals surface area contributed by atoms with E-state index < -0.39 is 0 Å². The van der Waals surface area contributed by atoms with Crippen molar-refractivity contribution in [3.05, 3.63) is 52.1 Å². The van der Waals surface area contributed by atoms with Gasteiger partial charge in [-0.25, -0.2) is 4.98 Å². The minimum absolute atomic E-state index is 0.0621. The molecule has 2 fully saturated rings. The number of thioether (sulfide) groups is 1. The molecule has 5 rings (SSSR count). The van der Waals surface area contributed by atoms with Crippen LogP contribution in [0, 0.1) is 10.1 Å². The Balaban J connectivity index is 1.27. The standard InChI is InChI=1S/C24H25N5O5S2/c30-23(28-7-11-34-12-8-28)16-35-24-26-19-3-2-18(14-22(19)36-24)25-15-17-1-4-20(21(13-17)29(31)32)27-5-9-33-10-6-27/h1-4,13-15H,5-12,16H2. The molecule has 0 atom stereocenters. The molecule has 0 saturated carbocycles. The number of ether oxygens (including phenoxy) is 2. The van der Waals surface area contributed by atoms with Gasteiger partial charge in [-0.05, 0) is 29.8 Å². The number of rotatable bonds is 7. The number of morpholine rings is 2. The Kier molecular flexibility index (Phi) is 7.75. The summed E-state index contributed by atoms with van der Waals surface area (Å²) < 4.78 is 12.5. The SMILES string of the molecule is O=C(CSc1nc2ccc(N=Cc3ccc(N4CCOCC4)c([N+](=O)[O-])c3)cc2s1)N1CCOCC1. The summed E-state index contributed by atoms with van der Waals surface area (Å²) in [6, 6.07) is 10.9. The van der Waals surface area contributed by atoms with Crippen LogP contribution in [0.15, 0.2) is 45.7 Å². The predicted octanol–water partition coefficient (Wildman–Crippen LogP) is 3.74. The van der Waals surface area contributed by atoms with Crippen LogP contribution in [-0.4, -0.2) is 85.3 Å². The first-order chi connectivity index (χ1) is 17.6. The van der Waals surface area contributed by atoms with E-state index >= 15 is 0 Å². The van der Waals surface area contributed by atoms with E-state index in [0.717, 1.165) is 20.2 Å². The molecule has 0 aliphatic carbocycles. The molecule has 2 aliphatic heterocycles. The normalized spacial score (nSPS) is 16.7. The summed E-state index contributed by atoms with van der Waals surface area (Å²) in [6.07, 6.45) is 1.63. The highest BCUT2D eigenvalue weighted by Gasteiger charge is 2.22. The lowest BCUT2D eigenvalue weighted by atomic mass is 10.1. The molecule has 0 radical (unpaired) electrons. The summed E-state index contributed by atoms with van der Waals surface area (Å²) in [4.78, 5) is 36.7. The Morgan fingerprint density at radius 2 is 1.86 bits per heavy atom. The number of hydrogen-bond donors (Lipinski definition) is 0. The van der Waals surface area contributed by atoms with Crippen molar-refractivity contribution in [2.75, 3.05) is 63.3 Å². The first kappa shape index (κ1) is 24.6. The van der Waals surface area contributed by atoms with Crippen molar-refractivity contribution in [3.8, 4) is 0 Å². The zero-order chi connectivity index (χ0) is 24.9. The molecule has 1 amide bonds. The van der Waals surface area contributed by atoms with Crippen LogP contribution in [0.2, 0.25) is 0 Å². The molecule has 0 N–H and O–H groups in total. The Labute approximate surface area is 216 Å². The van der Waals surface area contributed by atoms with E-state index in [4.69, 9.17) is 9.47 Å². The molecule has 2 aliphatic rings. The lowest BCUT2D eigenvalue weighted by Gasteiger charge is -2.28. The van der Waals surface area contributed by atoms with E-state index in [1.54, 1.807) is 18.3 Å². The van der Waals surface area contributed by atoms with E-state index in [-0.39, 0.29) is 16.5 Å². The van der Waals surface area contributed by atoms with Crippen LogP contribution < -0.4 is 4.90 Å². The summed E-state index contributed by atoms with van der Waals surface area (Å²) in [5, 5.41) is 11.7. The van der Waals surface area contributed by atoms with E-state index in [0.29, 0.717) is 69.6 Å². The summed E-state index contributed by atoms with van der Waals surface area (Å²) in [6.45, 7) is 4.84. The van der Waals surface area contributed by atoms with Gasteiger partial charge in [-0.1, -0.05) is 17.8 Å². The fraction of sp³-hybridized carbons (Fsp3) is 0.375. The topological polar surface area (TPSA) is 110 Å². The van der Waals surface area contributed by atoms with Crippen molar-refractivity contribution in [2.24, 2.45) is 4.99 Å². The van der Waals surface area contributed by atoms with Crippen LogP contribution in [-0.2, 0) is 14.3 Å². The van der Waals surface area contributed by atoms with Gasteiger partial charge in [-0.15, -0.1) is 11.3 Å². The first-order valence-corrected chi connectivity index (χ1v) is 13.4. The number of anilines is 1. The smallest absolute Gasteiger partial charge is 0.293 e. The van der Waals surface area contributed by atoms with Crippen molar-refractivity contribution in [1.29, 1.82) is 0 Å². The number of nitro groups is 1. The van der Waals surface area contributed by atoms with Gasteiger partial charge in [0.15, 0.2) is 4.34 Å². The second-order valence-corrected chi connectivity index (χ2v) is 10.5. The monoisotopic (exact) mass is 527 g/mol. The number of nitrogens with zero attached hydrogens (tertiary/aromatic N) is 5. The van der Waals surface area contributed by atoms with Crippen LogP contribution in [0.1, 0.15) is 5.56 Å². The molecule has 188 valence electrons. The average molecular weight is 528 g/mol. The lowest BCUT2D eigenvalue weighted by molar-refractivity contribution is -0.384. The van der Waals surface area contributed by atoms with Crippen molar-refractivity contribution in [2.45, 2.75) is 4.34 Å². The van der Waals surface area contributed by atoms with Gasteiger partial charge in [0, 0.05) is 38.5 Å². The minimum Gasteiger partial charge on any atom is -0.378 e. The van der Waals surface area contributed by atoms with Crippen molar-refractivity contribution in [1.82, 2.24) is 9.88 Å². The summed E-state index contributed by atoms with van der Waals surface area (Å²) in [5.74, 6) is 0.450. The highest BCUT2D eigenvalue weighted by molar-refractivity contribution is 8.01. The molecule has 2 saturated heterocycles. The lowest BCUT2D eigenvalue weighted by Crippen LogP contribution is -2.41. The highest BCUT2D eigenvalue weighted by atomic mass is 32.2. The van der Waals surface area contributed by atoms with Gasteiger partial charge in [0.05, 0.1) is 53.0 Å². The molecule has 1 aromatic heterocycles. The molecule has 0 spiro atoms. The van der Waals surface area contributed by atoms with Crippen molar-refractivity contribution in [3.63, 3.8) is 0 Å². The van der Waals surface area contributed by atoms with Crippen LogP contribution in [0.3, 0.4) is 0 Å². The number of carbonyl (C=O) groups is 1. The number of hydrogen-bond acceptors (Lipinski definition) is 10. The van der Waals surface area contributed by atoms with Gasteiger partial charge in [-0.2, -0.15) is 0 Å². The number of carbonyl (C=O) groups excluding carboxylic acids is 1. The van der Waals surface area contributed by atoms with Crippen molar-refractivity contribution < 1.29 is 19.2 Å². The maximum absolute atomic E-state index is 12.4. The van der Waals surface area contributed by atoms with E-state index in [2.05, 4.69) is 9.98 Å². The second kappa shape index (κ2) is 11.3. The number of nitro benzene ring substituents is 1. The molecule has 3 heterocycles. The molecule has 0 unspecified atom stereocenters. The molecule has 10 nitrogen and oxygen atoms in total. The van der Waals surface area contributed by atoms with Crippen LogP contribution >= 0.6 is 23.1 Å². The average Bonchev–Trinajstić information content (AvgIpc) is 3.33. The zero-order valence-electron chi connectivity index (χ0n) is 19.5. The zero-order valence-corrected chi connectivity index (χ0v) is 21.1. The summed E-state index contributed by atoms with van der Waals surface area (Å²) in [7, 11) is 0. The molecule has 3 aromatic rings. The van der Waals surface area contributed by atoms with Gasteiger partial charge in [0.2, 0.25) is 5.91 Å². The number of aromatic nitrogens is 1. The molecule has 0 bridgehead atoms. The van der Waals surface area contributed by atoms with E-state index in [1.165, 1.54) is 23.1 Å². The molecule has 2 aromatic carbocycles. The Morgan fingerprint density at radius 1 is 1.11 bits per heavy atom. The largest absolute Gasteiger partial charge is 0.378 e. The third-order valence-corrected chi connectivity index (χ3v) is 8.09. The number of fused-ring (bicyclic) bond motifs is 1. The number of amides is 1. The number of aliphatic imine (C=N–C) groups is 1. The molecular formula is C24H25N5O5S2. The predicted molar refractivity (Wildman–Crippen MR) is 141 cm³/mol. The quantitative estimate of drug-likeness (QED) is 0.198. The maximum Gasteiger partial charge on any atom is 0.293 e. The number of benzene rings is 2. The van der Waals surface area contributed by atoms with E-state index in [9.17, 15) is 14.9 Å². The maximum atomic E-state index is 12.4. The molecular weight excluding hydrogens is 502 g/mol. The summed E-state index contributed by atoms with van der Waals surface area (Å²) >= 11 is 2.97. The minimum atomic E-state index is -0.353. The van der Waals surface area contributed by atoms with Gasteiger partial charge >= 0.3 is 0 Å². The Morgan fingerprint density at radius 3 is 2.61 bits per heavy atom. The fourth-order valence-corrected chi connectivity index (χ4v) is 6.05. The van der Waals surface area contributed by atoms with Gasteiger partial charge in [0.25, 0.3) is 5.69 Å². The van der Waals surface area contributed by atoms with Gasteiger partial charge in [-0.3, -0.25) is 19.9 Å². The number of thiazole rings is 1. The molecule has 12 heteroatoms. The van der Waals surface area contributed by atoms with Crippen LogP contribution in [0.25, 0.3) is 10.2 Å². The fourth-order valence-electron chi connectivity index (χ4n) is 4.05. The third kappa shape index (κ3) is 5.84. The van der Waals surface area contributed by atoms with Crippen LogP contribution in [0.4, 0.5) is 17.1 Å². The van der Waals surface area contributed by atoms with Gasteiger partial charge in [0.1, 0.15) is 5.69 Å². The molecule has 36 heavy (non-hydrogen) atoms. The van der Waals surface area contributed by atoms with Crippen LogP contribution in [0.5, 0.6) is 0 Å². The van der Waals surface area contributed by atoms with E-state index in [1.807, 2.05) is 34.1 Å². The highest BCUT2D eigenvalue weighted by Crippen LogP contribution is 2.33. The summed E-state index contributed by atoms with van der Waals surface area (Å²) in [5.41, 5.74) is 2.90. The Bertz CT molecular complexity index is 1290.